The number of hydrogen-bond acceptors (Lipinski definition) is 4. The quantitative estimate of drug-likeness (QED) is 0.805. The topological polar surface area (TPSA) is 83.6 Å². The van der Waals surface area contributed by atoms with Crippen molar-refractivity contribution in [1.82, 2.24) is 4.31 Å². The summed E-state index contributed by atoms with van der Waals surface area (Å²) in [6.45, 7) is 0.300. The van der Waals surface area contributed by atoms with Gasteiger partial charge in [-0.2, -0.15) is 4.31 Å². The van der Waals surface area contributed by atoms with Gasteiger partial charge in [-0.05, 0) is 25.0 Å². The van der Waals surface area contributed by atoms with E-state index in [9.17, 15) is 13.5 Å². The highest BCUT2D eigenvalue weighted by Crippen LogP contribution is 2.25. The minimum absolute atomic E-state index is 0.149. The minimum atomic E-state index is -3.58. The molecule has 110 valence electrons. The molecule has 1 aliphatic rings. The van der Waals surface area contributed by atoms with Crippen LogP contribution in [0.5, 0.6) is 0 Å². The van der Waals surface area contributed by atoms with Crippen molar-refractivity contribution in [3.05, 3.63) is 29.8 Å². The van der Waals surface area contributed by atoms with Crippen LogP contribution in [0.2, 0.25) is 0 Å². The summed E-state index contributed by atoms with van der Waals surface area (Å²) >= 11 is 4.85. The number of piperidine rings is 1. The lowest BCUT2D eigenvalue weighted by Crippen LogP contribution is -2.45. The fourth-order valence-corrected chi connectivity index (χ4v) is 4.22. The second-order valence-corrected chi connectivity index (χ2v) is 7.17. The maximum absolute atomic E-state index is 12.6. The maximum atomic E-state index is 12.6. The van der Waals surface area contributed by atoms with Gasteiger partial charge in [-0.3, -0.25) is 0 Å². The highest BCUT2D eigenvalue weighted by molar-refractivity contribution is 7.89. The van der Waals surface area contributed by atoms with E-state index in [4.69, 9.17) is 18.0 Å². The summed E-state index contributed by atoms with van der Waals surface area (Å²) < 4.78 is 26.6. The van der Waals surface area contributed by atoms with Crippen molar-refractivity contribution in [2.45, 2.75) is 30.2 Å². The lowest BCUT2D eigenvalue weighted by Gasteiger charge is -2.33. The van der Waals surface area contributed by atoms with Gasteiger partial charge in [0, 0.05) is 18.2 Å². The molecule has 3 N–H and O–H groups in total. The summed E-state index contributed by atoms with van der Waals surface area (Å²) in [4.78, 5) is 0.443. The Hall–Kier alpha value is -1.02. The van der Waals surface area contributed by atoms with Gasteiger partial charge in [0.1, 0.15) is 4.99 Å². The third kappa shape index (κ3) is 3.01. The van der Waals surface area contributed by atoms with Gasteiger partial charge < -0.3 is 10.8 Å². The number of nitrogens with two attached hydrogens (primary N) is 1. The van der Waals surface area contributed by atoms with Crippen molar-refractivity contribution in [3.63, 3.8) is 0 Å². The molecule has 0 amide bonds. The SMILES string of the molecule is NC(=S)c1ccc(S(=O)(=O)N2CCCCC2CO)cc1. The minimum Gasteiger partial charge on any atom is -0.395 e. The van der Waals surface area contributed by atoms with Crippen molar-refractivity contribution in [1.29, 1.82) is 0 Å². The van der Waals surface area contributed by atoms with Crippen LogP contribution in [-0.2, 0) is 10.0 Å². The van der Waals surface area contributed by atoms with Crippen LogP contribution in [0.3, 0.4) is 0 Å². The molecule has 1 aromatic rings. The van der Waals surface area contributed by atoms with E-state index in [2.05, 4.69) is 0 Å². The summed E-state index contributed by atoms with van der Waals surface area (Å²) in [7, 11) is -3.58. The van der Waals surface area contributed by atoms with E-state index in [-0.39, 0.29) is 22.5 Å². The summed E-state index contributed by atoms with van der Waals surface area (Å²) in [6.07, 6.45) is 2.46. The molecule has 0 aliphatic carbocycles. The molecular formula is C13H18N2O3S2. The van der Waals surface area contributed by atoms with Crippen LogP contribution in [0.1, 0.15) is 24.8 Å². The standard InChI is InChI=1S/C13H18N2O3S2/c14-13(19)10-4-6-12(7-5-10)20(17,18)15-8-2-1-3-11(15)9-16/h4-7,11,16H,1-3,8-9H2,(H2,14,19). The van der Waals surface area contributed by atoms with E-state index < -0.39 is 10.0 Å². The molecule has 0 radical (unpaired) electrons. The molecule has 1 aliphatic heterocycles. The normalized spacial score (nSPS) is 20.8. The van der Waals surface area contributed by atoms with E-state index >= 15 is 0 Å². The number of hydrogen-bond donors (Lipinski definition) is 2. The largest absolute Gasteiger partial charge is 0.395 e. The molecule has 1 atom stereocenters. The molecule has 1 saturated heterocycles. The molecule has 5 nitrogen and oxygen atoms in total. The van der Waals surface area contributed by atoms with Crippen molar-refractivity contribution in [3.8, 4) is 0 Å². The molecule has 0 aromatic heterocycles. The molecule has 0 bridgehead atoms. The molecular weight excluding hydrogens is 296 g/mol. The number of sulfonamides is 1. The van der Waals surface area contributed by atoms with Crippen LogP contribution in [0, 0.1) is 0 Å². The lowest BCUT2D eigenvalue weighted by atomic mass is 10.1. The number of aliphatic hydroxyl groups is 1. The van der Waals surface area contributed by atoms with Crippen LogP contribution in [-0.4, -0.2) is 42.0 Å². The number of rotatable bonds is 4. The number of benzene rings is 1. The van der Waals surface area contributed by atoms with Gasteiger partial charge in [-0.1, -0.05) is 30.8 Å². The van der Waals surface area contributed by atoms with Gasteiger partial charge in [-0.15, -0.1) is 0 Å². The van der Waals surface area contributed by atoms with E-state index in [1.807, 2.05) is 0 Å². The van der Waals surface area contributed by atoms with Crippen LogP contribution in [0.15, 0.2) is 29.2 Å². The highest BCUT2D eigenvalue weighted by Gasteiger charge is 2.32. The van der Waals surface area contributed by atoms with Crippen LogP contribution in [0.4, 0.5) is 0 Å². The van der Waals surface area contributed by atoms with Crippen molar-refractivity contribution in [2.24, 2.45) is 5.73 Å². The van der Waals surface area contributed by atoms with E-state index in [0.717, 1.165) is 12.8 Å². The maximum Gasteiger partial charge on any atom is 0.243 e. The Labute approximate surface area is 124 Å². The Morgan fingerprint density at radius 2 is 2.00 bits per heavy atom. The number of aliphatic hydroxyl groups excluding tert-OH is 1. The Bertz CT molecular complexity index is 584. The summed E-state index contributed by atoms with van der Waals surface area (Å²) in [5, 5.41) is 9.35. The zero-order valence-corrected chi connectivity index (χ0v) is 12.7. The van der Waals surface area contributed by atoms with Crippen LogP contribution >= 0.6 is 12.2 Å². The first-order valence-electron chi connectivity index (χ1n) is 6.49. The fourth-order valence-electron chi connectivity index (χ4n) is 2.40. The van der Waals surface area contributed by atoms with Crippen molar-refractivity contribution >= 4 is 27.2 Å². The molecule has 1 heterocycles. The zero-order valence-electron chi connectivity index (χ0n) is 11.0. The van der Waals surface area contributed by atoms with Gasteiger partial charge in [0.25, 0.3) is 0 Å². The average molecular weight is 314 g/mol. The summed E-state index contributed by atoms with van der Waals surface area (Å²) in [5.74, 6) is 0. The van der Waals surface area contributed by atoms with Gasteiger partial charge in [0.2, 0.25) is 10.0 Å². The second kappa shape index (κ2) is 6.17. The summed E-state index contributed by atoms with van der Waals surface area (Å²) in [6, 6.07) is 5.89. The molecule has 2 rings (SSSR count). The second-order valence-electron chi connectivity index (χ2n) is 4.84. The zero-order chi connectivity index (χ0) is 14.8. The number of nitrogens with zero attached hydrogens (tertiary/aromatic N) is 1. The molecule has 0 saturated carbocycles. The van der Waals surface area contributed by atoms with Gasteiger partial charge in [-0.25, -0.2) is 8.42 Å². The predicted octanol–water partition coefficient (Wildman–Crippen LogP) is 0.856. The molecule has 1 unspecified atom stereocenters. The third-order valence-electron chi connectivity index (χ3n) is 3.53. The van der Waals surface area contributed by atoms with Crippen molar-refractivity contribution in [2.75, 3.05) is 13.2 Å². The smallest absolute Gasteiger partial charge is 0.243 e. The summed E-state index contributed by atoms with van der Waals surface area (Å²) in [5.41, 5.74) is 6.13. The van der Waals surface area contributed by atoms with E-state index in [0.29, 0.717) is 18.5 Å². The Kier molecular flexibility index (Phi) is 4.74. The van der Waals surface area contributed by atoms with Gasteiger partial charge in [0.05, 0.1) is 11.5 Å². The van der Waals surface area contributed by atoms with E-state index in [1.54, 1.807) is 12.1 Å². The first-order chi connectivity index (χ1) is 9.46. The predicted molar refractivity (Wildman–Crippen MR) is 80.9 cm³/mol. The molecule has 1 aromatic carbocycles. The molecule has 1 fully saturated rings. The van der Waals surface area contributed by atoms with E-state index in [1.165, 1.54) is 16.4 Å². The Balaban J connectivity index is 2.31. The Morgan fingerprint density at radius 1 is 1.35 bits per heavy atom. The first kappa shape index (κ1) is 15.4. The van der Waals surface area contributed by atoms with Gasteiger partial charge in [0.15, 0.2) is 0 Å². The average Bonchev–Trinajstić information content (AvgIpc) is 2.47. The first-order valence-corrected chi connectivity index (χ1v) is 8.34. The Morgan fingerprint density at radius 3 is 2.55 bits per heavy atom. The van der Waals surface area contributed by atoms with Crippen LogP contribution in [0.25, 0.3) is 0 Å². The highest BCUT2D eigenvalue weighted by atomic mass is 32.2. The van der Waals surface area contributed by atoms with Crippen molar-refractivity contribution < 1.29 is 13.5 Å². The lowest BCUT2D eigenvalue weighted by molar-refractivity contribution is 0.155. The van der Waals surface area contributed by atoms with Crippen LogP contribution < -0.4 is 5.73 Å². The third-order valence-corrected chi connectivity index (χ3v) is 5.73. The number of thiocarbonyl (C=S) groups is 1. The van der Waals surface area contributed by atoms with Gasteiger partial charge >= 0.3 is 0 Å². The molecule has 20 heavy (non-hydrogen) atoms. The molecule has 7 heteroatoms. The monoisotopic (exact) mass is 314 g/mol. The molecule has 0 spiro atoms. The fraction of sp³-hybridized carbons (Fsp3) is 0.462.